The summed E-state index contributed by atoms with van der Waals surface area (Å²) >= 11 is 0. The van der Waals surface area contributed by atoms with Crippen LogP contribution in [0.5, 0.6) is 0 Å². The van der Waals surface area contributed by atoms with Gasteiger partial charge in [-0.05, 0) is 17.5 Å². The number of carbonyl (C=O) groups is 1. The Morgan fingerprint density at radius 1 is 1.15 bits per heavy atom. The number of methoxy groups -OCH3 is 1. The molecule has 2 atom stereocenters. The molecule has 0 amide bonds. The summed E-state index contributed by atoms with van der Waals surface area (Å²) in [5.74, 6) is 0.928. The van der Waals surface area contributed by atoms with Crippen LogP contribution in [0, 0.1) is 0 Å². The van der Waals surface area contributed by atoms with Crippen molar-refractivity contribution in [2.24, 2.45) is 0 Å². The molecule has 0 aliphatic carbocycles. The third-order valence-corrected chi connectivity index (χ3v) is 5.17. The molecule has 5 heteroatoms. The Morgan fingerprint density at radius 2 is 1.85 bits per heavy atom. The van der Waals surface area contributed by atoms with Crippen molar-refractivity contribution in [1.82, 2.24) is 14.9 Å². The Bertz CT molecular complexity index is 892. The standard InChI is InChI=1S/C22H23N3O2/c1-27-22(26)20-12-18(15-25(20)14-16-8-4-2-5-9-16)21-23-13-19(24-21)17-10-6-3-7-11-17/h2-11,13,18,20H,12,14-15H2,1H3,(H,23,24)/t18-,20+/m1/s1. The van der Waals surface area contributed by atoms with Crippen LogP contribution in [0.15, 0.2) is 66.9 Å². The number of aromatic amines is 1. The number of hydrogen-bond acceptors (Lipinski definition) is 4. The van der Waals surface area contributed by atoms with E-state index in [1.165, 1.54) is 12.7 Å². The first-order valence-corrected chi connectivity index (χ1v) is 9.20. The number of likely N-dealkylation sites (tertiary alicyclic amines) is 1. The number of ether oxygens (including phenoxy) is 1. The third kappa shape index (κ3) is 3.78. The summed E-state index contributed by atoms with van der Waals surface area (Å²) in [6, 6.07) is 20.1. The molecule has 1 N–H and O–H groups in total. The maximum Gasteiger partial charge on any atom is 0.323 e. The minimum atomic E-state index is -0.245. The van der Waals surface area contributed by atoms with Gasteiger partial charge in [-0.1, -0.05) is 60.7 Å². The van der Waals surface area contributed by atoms with Crippen LogP contribution in [0.3, 0.4) is 0 Å². The summed E-state index contributed by atoms with van der Waals surface area (Å²) < 4.78 is 5.05. The van der Waals surface area contributed by atoms with Gasteiger partial charge in [0.2, 0.25) is 0 Å². The number of nitrogens with one attached hydrogen (secondary N) is 1. The molecule has 2 heterocycles. The lowest BCUT2D eigenvalue weighted by molar-refractivity contribution is -0.146. The largest absolute Gasteiger partial charge is 0.468 e. The van der Waals surface area contributed by atoms with Gasteiger partial charge in [0.05, 0.1) is 19.0 Å². The minimum absolute atomic E-state index is 0.176. The van der Waals surface area contributed by atoms with Gasteiger partial charge in [0.1, 0.15) is 11.9 Å². The van der Waals surface area contributed by atoms with Gasteiger partial charge in [0, 0.05) is 19.0 Å². The first kappa shape index (κ1) is 17.5. The Morgan fingerprint density at radius 3 is 2.56 bits per heavy atom. The Labute approximate surface area is 159 Å². The molecule has 0 bridgehead atoms. The number of H-pyrrole nitrogens is 1. The summed E-state index contributed by atoms with van der Waals surface area (Å²) in [5.41, 5.74) is 3.30. The molecule has 1 aromatic heterocycles. The average Bonchev–Trinajstić information content (AvgIpc) is 3.36. The minimum Gasteiger partial charge on any atom is -0.468 e. The summed E-state index contributed by atoms with van der Waals surface area (Å²) in [5, 5.41) is 0. The molecule has 4 rings (SSSR count). The number of carbonyl (C=O) groups excluding carboxylic acids is 1. The second kappa shape index (κ2) is 7.76. The van der Waals surface area contributed by atoms with Crippen LogP contribution in [0.4, 0.5) is 0 Å². The Kier molecular flexibility index (Phi) is 5.03. The van der Waals surface area contributed by atoms with Crippen molar-refractivity contribution in [1.29, 1.82) is 0 Å². The normalized spacial score (nSPS) is 19.9. The molecule has 27 heavy (non-hydrogen) atoms. The van der Waals surface area contributed by atoms with Crippen LogP contribution in [0.1, 0.15) is 23.7 Å². The van der Waals surface area contributed by atoms with Gasteiger partial charge in [-0.2, -0.15) is 0 Å². The third-order valence-electron chi connectivity index (χ3n) is 5.17. The Hall–Kier alpha value is -2.92. The average molecular weight is 361 g/mol. The zero-order valence-corrected chi connectivity index (χ0v) is 15.3. The van der Waals surface area contributed by atoms with Crippen molar-refractivity contribution in [3.63, 3.8) is 0 Å². The lowest BCUT2D eigenvalue weighted by atomic mass is 10.1. The maximum absolute atomic E-state index is 12.3. The van der Waals surface area contributed by atoms with Crippen molar-refractivity contribution in [2.45, 2.75) is 24.9 Å². The van der Waals surface area contributed by atoms with E-state index in [1.54, 1.807) is 0 Å². The highest BCUT2D eigenvalue weighted by molar-refractivity contribution is 5.76. The fraction of sp³-hybridized carbons (Fsp3) is 0.273. The fourth-order valence-corrected chi connectivity index (χ4v) is 3.78. The molecule has 0 saturated carbocycles. The highest BCUT2D eigenvalue weighted by atomic mass is 16.5. The Balaban J connectivity index is 1.54. The van der Waals surface area contributed by atoms with Gasteiger partial charge in [0.25, 0.3) is 0 Å². The molecule has 2 aromatic carbocycles. The van der Waals surface area contributed by atoms with E-state index >= 15 is 0 Å². The van der Waals surface area contributed by atoms with Gasteiger partial charge in [0.15, 0.2) is 0 Å². The highest BCUT2D eigenvalue weighted by Gasteiger charge is 2.39. The van der Waals surface area contributed by atoms with E-state index in [0.29, 0.717) is 6.42 Å². The molecule has 138 valence electrons. The van der Waals surface area contributed by atoms with Gasteiger partial charge in [-0.15, -0.1) is 0 Å². The van der Waals surface area contributed by atoms with E-state index in [4.69, 9.17) is 4.74 Å². The fourth-order valence-electron chi connectivity index (χ4n) is 3.78. The quantitative estimate of drug-likeness (QED) is 0.706. The molecular formula is C22H23N3O2. The van der Waals surface area contributed by atoms with E-state index < -0.39 is 0 Å². The van der Waals surface area contributed by atoms with E-state index in [9.17, 15) is 4.79 Å². The number of esters is 1. The van der Waals surface area contributed by atoms with E-state index in [2.05, 4.69) is 39.1 Å². The molecular weight excluding hydrogens is 338 g/mol. The molecule has 0 radical (unpaired) electrons. The van der Waals surface area contributed by atoms with Gasteiger partial charge >= 0.3 is 5.97 Å². The first-order chi connectivity index (χ1) is 13.2. The van der Waals surface area contributed by atoms with Crippen LogP contribution in [-0.2, 0) is 16.1 Å². The van der Waals surface area contributed by atoms with Gasteiger partial charge < -0.3 is 9.72 Å². The lowest BCUT2D eigenvalue weighted by Gasteiger charge is -2.22. The van der Waals surface area contributed by atoms with Crippen LogP contribution in [0.2, 0.25) is 0 Å². The monoisotopic (exact) mass is 361 g/mol. The molecule has 1 saturated heterocycles. The van der Waals surface area contributed by atoms with E-state index in [-0.39, 0.29) is 17.9 Å². The van der Waals surface area contributed by atoms with E-state index in [0.717, 1.165) is 30.2 Å². The smallest absolute Gasteiger partial charge is 0.323 e. The summed E-state index contributed by atoms with van der Waals surface area (Å²) in [7, 11) is 1.46. The summed E-state index contributed by atoms with van der Waals surface area (Å²) in [6.07, 6.45) is 2.58. The maximum atomic E-state index is 12.3. The van der Waals surface area contributed by atoms with Crippen molar-refractivity contribution in [3.05, 3.63) is 78.2 Å². The number of aromatic nitrogens is 2. The van der Waals surface area contributed by atoms with Crippen molar-refractivity contribution >= 4 is 5.97 Å². The second-order valence-corrected chi connectivity index (χ2v) is 6.93. The summed E-state index contributed by atoms with van der Waals surface area (Å²) in [6.45, 7) is 1.50. The number of benzene rings is 2. The molecule has 1 aliphatic heterocycles. The van der Waals surface area contributed by atoms with Crippen LogP contribution >= 0.6 is 0 Å². The second-order valence-electron chi connectivity index (χ2n) is 6.93. The predicted octanol–water partition coefficient (Wildman–Crippen LogP) is 3.61. The van der Waals surface area contributed by atoms with Crippen molar-refractivity contribution in [3.8, 4) is 11.3 Å². The van der Waals surface area contributed by atoms with E-state index in [1.807, 2.05) is 42.6 Å². The predicted molar refractivity (Wildman–Crippen MR) is 104 cm³/mol. The number of rotatable bonds is 5. The molecule has 0 unspecified atom stereocenters. The highest BCUT2D eigenvalue weighted by Crippen LogP contribution is 2.33. The van der Waals surface area contributed by atoms with Gasteiger partial charge in [-0.3, -0.25) is 9.69 Å². The SMILES string of the molecule is COC(=O)[C@@H]1C[C@@H](c2ncc(-c3ccccc3)[nH]2)CN1Cc1ccccc1. The number of nitrogens with zero attached hydrogens (tertiary/aromatic N) is 2. The van der Waals surface area contributed by atoms with Crippen LogP contribution < -0.4 is 0 Å². The topological polar surface area (TPSA) is 58.2 Å². The first-order valence-electron chi connectivity index (χ1n) is 9.20. The zero-order chi connectivity index (χ0) is 18.6. The number of hydrogen-bond donors (Lipinski definition) is 1. The van der Waals surface area contributed by atoms with Gasteiger partial charge in [-0.25, -0.2) is 4.98 Å². The van der Waals surface area contributed by atoms with Crippen LogP contribution in [-0.4, -0.2) is 40.5 Å². The molecule has 3 aromatic rings. The molecule has 1 fully saturated rings. The van der Waals surface area contributed by atoms with Crippen molar-refractivity contribution < 1.29 is 9.53 Å². The van der Waals surface area contributed by atoms with Crippen LogP contribution in [0.25, 0.3) is 11.3 Å². The molecule has 0 spiro atoms. The number of imidazole rings is 1. The zero-order valence-electron chi connectivity index (χ0n) is 15.3. The van der Waals surface area contributed by atoms with Crippen molar-refractivity contribution in [2.75, 3.05) is 13.7 Å². The molecule has 5 nitrogen and oxygen atoms in total. The summed E-state index contributed by atoms with van der Waals surface area (Å²) in [4.78, 5) is 22.6. The molecule has 1 aliphatic rings. The lowest BCUT2D eigenvalue weighted by Crippen LogP contribution is -2.36.